The zero-order chi connectivity index (χ0) is 10.8. The van der Waals surface area contributed by atoms with Crippen LogP contribution >= 0.6 is 0 Å². The third-order valence-electron chi connectivity index (χ3n) is 2.79. The van der Waals surface area contributed by atoms with Gasteiger partial charge in [0.25, 0.3) is 0 Å². The maximum absolute atomic E-state index is 5.95. The van der Waals surface area contributed by atoms with Crippen molar-refractivity contribution in [2.24, 2.45) is 5.73 Å². The molecule has 2 unspecified atom stereocenters. The Kier molecular flexibility index (Phi) is 2.75. The lowest BCUT2D eigenvalue weighted by atomic mass is 10.0. The Bertz CT molecular complexity index is 445. The van der Waals surface area contributed by atoms with Gasteiger partial charge in [0.05, 0.1) is 0 Å². The van der Waals surface area contributed by atoms with Gasteiger partial charge in [0.2, 0.25) is 0 Å². The molecule has 0 saturated carbocycles. The van der Waals surface area contributed by atoms with Crippen LogP contribution in [-0.2, 0) is 0 Å². The van der Waals surface area contributed by atoms with Crippen molar-refractivity contribution in [3.63, 3.8) is 0 Å². The molecular weight excluding hydrogens is 186 g/mol. The summed E-state index contributed by atoms with van der Waals surface area (Å²) < 4.78 is 0. The van der Waals surface area contributed by atoms with E-state index in [-0.39, 0.29) is 12.1 Å². The van der Waals surface area contributed by atoms with Gasteiger partial charge in [0, 0.05) is 29.2 Å². The van der Waals surface area contributed by atoms with E-state index in [0.717, 1.165) is 5.52 Å². The van der Waals surface area contributed by atoms with Crippen LogP contribution in [-0.4, -0.2) is 18.1 Å². The lowest BCUT2D eigenvalue weighted by Crippen LogP contribution is -2.33. The van der Waals surface area contributed by atoms with E-state index in [0.29, 0.717) is 0 Å². The maximum atomic E-state index is 5.95. The SMILES string of the molecule is CNC(c1c[nH]c2ccccc12)C(C)N. The minimum absolute atomic E-state index is 0.0919. The average Bonchev–Trinajstić information content (AvgIpc) is 2.63. The minimum atomic E-state index is 0.0919. The number of H-pyrrole nitrogens is 1. The molecule has 0 bridgehead atoms. The molecule has 0 saturated heterocycles. The van der Waals surface area contributed by atoms with Crippen molar-refractivity contribution in [1.82, 2.24) is 10.3 Å². The highest BCUT2D eigenvalue weighted by Crippen LogP contribution is 2.25. The molecule has 3 nitrogen and oxygen atoms in total. The maximum Gasteiger partial charge on any atom is 0.0489 e. The number of likely N-dealkylation sites (N-methyl/N-ethyl adjacent to an activating group) is 1. The van der Waals surface area contributed by atoms with Crippen molar-refractivity contribution < 1.29 is 0 Å². The molecule has 2 rings (SSSR count). The fourth-order valence-electron chi connectivity index (χ4n) is 2.05. The summed E-state index contributed by atoms with van der Waals surface area (Å²) in [5, 5.41) is 4.50. The summed E-state index contributed by atoms with van der Waals surface area (Å²) in [7, 11) is 1.94. The van der Waals surface area contributed by atoms with Crippen LogP contribution in [0, 0.1) is 0 Å². The standard InChI is InChI=1S/C12H17N3/c1-8(13)12(14-2)10-7-15-11-6-4-3-5-9(10)11/h3-8,12,14-15H,13H2,1-2H3. The van der Waals surface area contributed by atoms with Gasteiger partial charge in [-0.15, -0.1) is 0 Å². The third-order valence-corrected chi connectivity index (χ3v) is 2.79. The number of benzene rings is 1. The quantitative estimate of drug-likeness (QED) is 0.712. The lowest BCUT2D eigenvalue weighted by molar-refractivity contribution is 0.507. The lowest BCUT2D eigenvalue weighted by Gasteiger charge is -2.19. The topological polar surface area (TPSA) is 53.8 Å². The zero-order valence-corrected chi connectivity index (χ0v) is 9.12. The van der Waals surface area contributed by atoms with E-state index >= 15 is 0 Å². The summed E-state index contributed by atoms with van der Waals surface area (Å²) in [4.78, 5) is 3.26. The number of aromatic amines is 1. The molecule has 1 aromatic carbocycles. The Hall–Kier alpha value is -1.32. The highest BCUT2D eigenvalue weighted by Gasteiger charge is 2.17. The van der Waals surface area contributed by atoms with E-state index in [1.165, 1.54) is 10.9 Å². The number of rotatable bonds is 3. The number of aromatic nitrogens is 1. The second-order valence-electron chi connectivity index (χ2n) is 3.92. The van der Waals surface area contributed by atoms with Gasteiger partial charge in [-0.1, -0.05) is 18.2 Å². The fraction of sp³-hybridized carbons (Fsp3) is 0.333. The van der Waals surface area contributed by atoms with Gasteiger partial charge in [-0.2, -0.15) is 0 Å². The predicted molar refractivity (Wildman–Crippen MR) is 63.7 cm³/mol. The van der Waals surface area contributed by atoms with Gasteiger partial charge in [-0.3, -0.25) is 0 Å². The van der Waals surface area contributed by atoms with E-state index < -0.39 is 0 Å². The monoisotopic (exact) mass is 203 g/mol. The number of fused-ring (bicyclic) bond motifs is 1. The Morgan fingerprint density at radius 1 is 1.33 bits per heavy atom. The first kappa shape index (κ1) is 10.2. The second kappa shape index (κ2) is 4.04. The van der Waals surface area contributed by atoms with Crippen molar-refractivity contribution in [2.75, 3.05) is 7.05 Å². The number of hydrogen-bond acceptors (Lipinski definition) is 2. The summed E-state index contributed by atoms with van der Waals surface area (Å²) in [6.45, 7) is 2.02. The third kappa shape index (κ3) is 1.76. The fourth-order valence-corrected chi connectivity index (χ4v) is 2.05. The van der Waals surface area contributed by atoms with Crippen LogP contribution in [0.5, 0.6) is 0 Å². The zero-order valence-electron chi connectivity index (χ0n) is 9.12. The largest absolute Gasteiger partial charge is 0.361 e. The van der Waals surface area contributed by atoms with Crippen molar-refractivity contribution in [2.45, 2.75) is 19.0 Å². The smallest absolute Gasteiger partial charge is 0.0489 e. The van der Waals surface area contributed by atoms with Crippen LogP contribution in [0.15, 0.2) is 30.5 Å². The van der Waals surface area contributed by atoms with Crippen LogP contribution in [0.4, 0.5) is 0 Å². The van der Waals surface area contributed by atoms with Crippen molar-refractivity contribution in [3.05, 3.63) is 36.0 Å². The Morgan fingerprint density at radius 3 is 2.73 bits per heavy atom. The molecule has 0 fully saturated rings. The molecule has 1 heterocycles. The highest BCUT2D eigenvalue weighted by atomic mass is 14.9. The van der Waals surface area contributed by atoms with E-state index in [2.05, 4.69) is 22.4 Å². The molecule has 4 N–H and O–H groups in total. The number of hydrogen-bond donors (Lipinski definition) is 3. The second-order valence-corrected chi connectivity index (χ2v) is 3.92. The van der Waals surface area contributed by atoms with Crippen LogP contribution in [0.25, 0.3) is 10.9 Å². The van der Waals surface area contributed by atoms with E-state index in [4.69, 9.17) is 5.73 Å². The molecule has 0 aliphatic heterocycles. The Labute approximate surface area is 89.7 Å². The molecule has 0 aliphatic rings. The van der Waals surface area contributed by atoms with E-state index in [9.17, 15) is 0 Å². The summed E-state index contributed by atoms with van der Waals surface area (Å²) in [6.07, 6.45) is 2.04. The molecule has 3 heteroatoms. The Balaban J connectivity index is 2.51. The van der Waals surface area contributed by atoms with Crippen LogP contribution in [0.2, 0.25) is 0 Å². The normalized spacial score (nSPS) is 15.4. The van der Waals surface area contributed by atoms with Gasteiger partial charge < -0.3 is 16.0 Å². The van der Waals surface area contributed by atoms with Gasteiger partial charge >= 0.3 is 0 Å². The molecular formula is C12H17N3. The predicted octanol–water partition coefficient (Wildman–Crippen LogP) is 1.78. The minimum Gasteiger partial charge on any atom is -0.361 e. The van der Waals surface area contributed by atoms with Crippen molar-refractivity contribution in [3.8, 4) is 0 Å². The molecule has 0 aliphatic carbocycles. The van der Waals surface area contributed by atoms with Crippen molar-refractivity contribution >= 4 is 10.9 Å². The molecule has 15 heavy (non-hydrogen) atoms. The number of nitrogens with two attached hydrogens (primary N) is 1. The van der Waals surface area contributed by atoms with Gasteiger partial charge in [-0.25, -0.2) is 0 Å². The van der Waals surface area contributed by atoms with Crippen LogP contribution < -0.4 is 11.1 Å². The van der Waals surface area contributed by atoms with Crippen LogP contribution in [0.1, 0.15) is 18.5 Å². The first-order valence-corrected chi connectivity index (χ1v) is 5.23. The summed E-state index contributed by atoms with van der Waals surface area (Å²) >= 11 is 0. The molecule has 0 radical (unpaired) electrons. The Morgan fingerprint density at radius 2 is 2.07 bits per heavy atom. The van der Waals surface area contributed by atoms with Gasteiger partial charge in [-0.05, 0) is 25.6 Å². The van der Waals surface area contributed by atoms with E-state index in [1.807, 2.05) is 32.3 Å². The number of nitrogens with one attached hydrogen (secondary N) is 2. The molecule has 2 atom stereocenters. The summed E-state index contributed by atoms with van der Waals surface area (Å²) in [5.74, 6) is 0. The molecule has 0 amide bonds. The summed E-state index contributed by atoms with van der Waals surface area (Å²) in [5.41, 5.74) is 8.35. The molecule has 1 aromatic heterocycles. The highest BCUT2D eigenvalue weighted by molar-refractivity contribution is 5.83. The first-order chi connectivity index (χ1) is 7.24. The molecule has 2 aromatic rings. The molecule has 0 spiro atoms. The first-order valence-electron chi connectivity index (χ1n) is 5.23. The van der Waals surface area contributed by atoms with Crippen molar-refractivity contribution in [1.29, 1.82) is 0 Å². The van der Waals surface area contributed by atoms with E-state index in [1.54, 1.807) is 0 Å². The van der Waals surface area contributed by atoms with Gasteiger partial charge in [0.15, 0.2) is 0 Å². The number of para-hydroxylation sites is 1. The average molecular weight is 203 g/mol. The van der Waals surface area contributed by atoms with Crippen LogP contribution in [0.3, 0.4) is 0 Å². The summed E-state index contributed by atoms with van der Waals surface area (Å²) in [6, 6.07) is 8.56. The molecule has 80 valence electrons. The van der Waals surface area contributed by atoms with Gasteiger partial charge in [0.1, 0.15) is 0 Å².